The summed E-state index contributed by atoms with van der Waals surface area (Å²) < 4.78 is 14.2. The van der Waals surface area contributed by atoms with Gasteiger partial charge in [-0.25, -0.2) is 9.37 Å². The van der Waals surface area contributed by atoms with Crippen molar-refractivity contribution < 1.29 is 14.0 Å². The van der Waals surface area contributed by atoms with Crippen molar-refractivity contribution in [3.8, 4) is 0 Å². The molecule has 3 aromatic rings. The number of rotatable bonds is 3. The molecule has 168 valence electrons. The van der Waals surface area contributed by atoms with Gasteiger partial charge in [-0.15, -0.1) is 0 Å². The van der Waals surface area contributed by atoms with E-state index in [1.165, 1.54) is 18.2 Å². The van der Waals surface area contributed by atoms with Gasteiger partial charge in [0.15, 0.2) is 0 Å². The van der Waals surface area contributed by atoms with Crippen LogP contribution < -0.4 is 5.56 Å². The number of aromatic nitrogens is 3. The van der Waals surface area contributed by atoms with Gasteiger partial charge >= 0.3 is 0 Å². The molecule has 1 saturated heterocycles. The third-order valence-corrected chi connectivity index (χ3v) is 6.24. The van der Waals surface area contributed by atoms with E-state index in [9.17, 15) is 18.8 Å². The van der Waals surface area contributed by atoms with Gasteiger partial charge in [0.25, 0.3) is 17.4 Å². The molecule has 2 amide bonds. The second-order valence-corrected chi connectivity index (χ2v) is 8.23. The molecule has 9 heteroatoms. The van der Waals surface area contributed by atoms with Crippen LogP contribution in [0.4, 0.5) is 4.39 Å². The number of fused-ring (bicyclic) bond motifs is 1. The highest BCUT2D eigenvalue weighted by molar-refractivity contribution is 5.95. The Morgan fingerprint density at radius 3 is 2.64 bits per heavy atom. The second kappa shape index (κ2) is 8.57. The topological polar surface area (TPSA) is 99.3 Å². The van der Waals surface area contributed by atoms with E-state index in [-0.39, 0.29) is 23.6 Å². The first-order valence-corrected chi connectivity index (χ1v) is 10.9. The lowest BCUT2D eigenvalue weighted by Crippen LogP contribution is -2.40. The maximum Gasteiger partial charge on any atom is 0.257 e. The van der Waals surface area contributed by atoms with E-state index >= 15 is 0 Å². The number of nitrogens with one attached hydrogen (secondary N) is 1. The first-order valence-electron chi connectivity index (χ1n) is 10.9. The molecule has 0 radical (unpaired) electrons. The van der Waals surface area contributed by atoms with Crippen molar-refractivity contribution in [1.82, 2.24) is 24.8 Å². The maximum absolute atomic E-state index is 14.2. The Morgan fingerprint density at radius 2 is 1.85 bits per heavy atom. The Labute approximate surface area is 189 Å². The lowest BCUT2D eigenvalue weighted by atomic mass is 10.0. The van der Waals surface area contributed by atoms with Crippen molar-refractivity contribution in [3.63, 3.8) is 0 Å². The first-order chi connectivity index (χ1) is 16.0. The van der Waals surface area contributed by atoms with Crippen molar-refractivity contribution in [2.24, 2.45) is 0 Å². The normalized spacial score (nSPS) is 17.7. The van der Waals surface area contributed by atoms with Gasteiger partial charge in [0.1, 0.15) is 11.6 Å². The Hall–Kier alpha value is -3.88. The SMILES string of the molecule is O=C(c1ccncc1)N1CCc2c(nc([C@@H]3CCCN3C(=O)c3ccccc3F)[nH]c2=O)C1. The summed E-state index contributed by atoms with van der Waals surface area (Å²) in [6.07, 6.45) is 4.86. The molecule has 1 N–H and O–H groups in total. The third kappa shape index (κ3) is 3.90. The fourth-order valence-electron chi connectivity index (χ4n) is 4.55. The van der Waals surface area contributed by atoms with Gasteiger partial charge in [0, 0.05) is 36.6 Å². The molecular formula is C24H22FN5O3. The molecular weight excluding hydrogens is 425 g/mol. The number of aromatic amines is 1. The predicted octanol–water partition coefficient (Wildman–Crippen LogP) is 2.48. The Bertz CT molecular complexity index is 1280. The summed E-state index contributed by atoms with van der Waals surface area (Å²) in [6, 6.07) is 8.72. The molecule has 0 unspecified atom stereocenters. The number of benzene rings is 1. The highest BCUT2D eigenvalue weighted by atomic mass is 19.1. The average Bonchev–Trinajstić information content (AvgIpc) is 3.34. The standard InChI is InChI=1S/C24H22FN5O3/c25-18-5-2-1-4-16(18)24(33)30-12-3-6-20(30)21-27-19-14-29(13-9-17(19)22(31)28-21)23(32)15-7-10-26-11-8-15/h1-2,4-5,7-8,10-11,20H,3,6,9,12-14H2,(H,27,28,31)/t20-/m0/s1. The number of H-pyrrole nitrogens is 1. The van der Waals surface area contributed by atoms with Gasteiger partial charge in [-0.3, -0.25) is 19.4 Å². The number of carbonyl (C=O) groups excluding carboxylic acids is 2. The summed E-state index contributed by atoms with van der Waals surface area (Å²) in [5.41, 5.74) is 1.36. The fourth-order valence-corrected chi connectivity index (χ4v) is 4.55. The van der Waals surface area contributed by atoms with Crippen molar-refractivity contribution in [2.45, 2.75) is 31.8 Å². The minimum Gasteiger partial charge on any atom is -0.332 e. The summed E-state index contributed by atoms with van der Waals surface area (Å²) in [5.74, 6) is -0.779. The van der Waals surface area contributed by atoms with E-state index < -0.39 is 17.8 Å². The zero-order valence-corrected chi connectivity index (χ0v) is 17.8. The van der Waals surface area contributed by atoms with Crippen LogP contribution in [0.1, 0.15) is 56.7 Å². The molecule has 2 aliphatic heterocycles. The van der Waals surface area contributed by atoms with E-state index in [4.69, 9.17) is 0 Å². The highest BCUT2D eigenvalue weighted by Crippen LogP contribution is 2.32. The summed E-state index contributed by atoms with van der Waals surface area (Å²) in [7, 11) is 0. The van der Waals surface area contributed by atoms with E-state index in [1.54, 1.807) is 40.4 Å². The average molecular weight is 447 g/mol. The monoisotopic (exact) mass is 447 g/mol. The number of hydrogen-bond acceptors (Lipinski definition) is 5. The smallest absolute Gasteiger partial charge is 0.257 e. The zero-order chi connectivity index (χ0) is 22.9. The molecule has 0 bridgehead atoms. The minimum atomic E-state index is -0.578. The second-order valence-electron chi connectivity index (χ2n) is 8.23. The minimum absolute atomic E-state index is 0.00108. The number of halogens is 1. The number of nitrogens with zero attached hydrogens (tertiary/aromatic N) is 4. The quantitative estimate of drug-likeness (QED) is 0.665. The van der Waals surface area contributed by atoms with Gasteiger partial charge in [-0.2, -0.15) is 0 Å². The van der Waals surface area contributed by atoms with Crippen molar-refractivity contribution in [1.29, 1.82) is 0 Å². The molecule has 1 fully saturated rings. The van der Waals surface area contributed by atoms with Gasteiger partial charge < -0.3 is 14.8 Å². The van der Waals surface area contributed by atoms with Crippen LogP contribution in [0.25, 0.3) is 0 Å². The summed E-state index contributed by atoms with van der Waals surface area (Å²) >= 11 is 0. The number of likely N-dealkylation sites (tertiary alicyclic amines) is 1. The zero-order valence-electron chi connectivity index (χ0n) is 17.8. The summed E-state index contributed by atoms with van der Waals surface area (Å²) in [6.45, 7) is 1.08. The first kappa shape index (κ1) is 21.0. The Balaban J connectivity index is 1.43. The van der Waals surface area contributed by atoms with Crippen molar-refractivity contribution in [2.75, 3.05) is 13.1 Å². The van der Waals surface area contributed by atoms with Crippen LogP contribution in [0.5, 0.6) is 0 Å². The number of carbonyl (C=O) groups is 2. The molecule has 5 rings (SSSR count). The third-order valence-electron chi connectivity index (χ3n) is 6.24. The number of amides is 2. The molecule has 4 heterocycles. The van der Waals surface area contributed by atoms with Crippen LogP contribution in [-0.2, 0) is 13.0 Å². The Kier molecular flexibility index (Phi) is 5.45. The fraction of sp³-hybridized carbons (Fsp3) is 0.292. The largest absolute Gasteiger partial charge is 0.332 e. The van der Waals surface area contributed by atoms with Gasteiger partial charge in [-0.1, -0.05) is 12.1 Å². The molecule has 1 atom stereocenters. The summed E-state index contributed by atoms with van der Waals surface area (Å²) in [5, 5.41) is 0. The van der Waals surface area contributed by atoms with E-state index in [0.29, 0.717) is 48.6 Å². The molecule has 2 aromatic heterocycles. The van der Waals surface area contributed by atoms with E-state index in [0.717, 1.165) is 6.42 Å². The van der Waals surface area contributed by atoms with Crippen molar-refractivity contribution >= 4 is 11.8 Å². The van der Waals surface area contributed by atoms with Gasteiger partial charge in [0.05, 0.1) is 23.8 Å². The van der Waals surface area contributed by atoms with Crippen LogP contribution in [0.3, 0.4) is 0 Å². The molecule has 0 spiro atoms. The van der Waals surface area contributed by atoms with Crippen LogP contribution in [-0.4, -0.2) is 49.7 Å². The van der Waals surface area contributed by atoms with Crippen LogP contribution in [0.15, 0.2) is 53.6 Å². The van der Waals surface area contributed by atoms with Crippen LogP contribution >= 0.6 is 0 Å². The molecule has 0 aliphatic carbocycles. The molecule has 2 aliphatic rings. The van der Waals surface area contributed by atoms with Gasteiger partial charge in [0.2, 0.25) is 0 Å². The number of pyridine rings is 1. The highest BCUT2D eigenvalue weighted by Gasteiger charge is 2.34. The van der Waals surface area contributed by atoms with Crippen LogP contribution in [0, 0.1) is 5.82 Å². The summed E-state index contributed by atoms with van der Waals surface area (Å²) in [4.78, 5) is 53.4. The lowest BCUT2D eigenvalue weighted by molar-refractivity contribution is 0.0724. The Morgan fingerprint density at radius 1 is 1.06 bits per heavy atom. The van der Waals surface area contributed by atoms with Crippen molar-refractivity contribution in [3.05, 3.63) is 93.2 Å². The van der Waals surface area contributed by atoms with E-state index in [1.807, 2.05) is 0 Å². The maximum atomic E-state index is 14.2. The lowest BCUT2D eigenvalue weighted by Gasteiger charge is -2.29. The molecule has 8 nitrogen and oxygen atoms in total. The number of hydrogen-bond donors (Lipinski definition) is 1. The molecule has 1 aromatic carbocycles. The van der Waals surface area contributed by atoms with E-state index in [2.05, 4.69) is 15.0 Å². The van der Waals surface area contributed by atoms with Crippen LogP contribution in [0.2, 0.25) is 0 Å². The molecule has 33 heavy (non-hydrogen) atoms. The molecule has 0 saturated carbocycles. The van der Waals surface area contributed by atoms with Gasteiger partial charge in [-0.05, 0) is 43.5 Å². The predicted molar refractivity (Wildman–Crippen MR) is 117 cm³/mol.